The minimum Gasteiger partial charge on any atom is -0.397 e. The summed E-state index contributed by atoms with van der Waals surface area (Å²) in [7, 11) is 0. The van der Waals surface area contributed by atoms with Gasteiger partial charge in [-0.2, -0.15) is 0 Å². The second kappa shape index (κ2) is 4.98. The van der Waals surface area contributed by atoms with Crippen LogP contribution in [-0.4, -0.2) is 4.98 Å². The third kappa shape index (κ3) is 2.64. The summed E-state index contributed by atoms with van der Waals surface area (Å²) in [6.45, 7) is 6.05. The average molecular weight is 306 g/mol. The van der Waals surface area contributed by atoms with E-state index < -0.39 is 0 Å². The van der Waals surface area contributed by atoms with Gasteiger partial charge in [0.05, 0.1) is 11.4 Å². The van der Waals surface area contributed by atoms with Crippen LogP contribution in [0.2, 0.25) is 0 Å². The molecule has 3 nitrogen and oxygen atoms in total. The summed E-state index contributed by atoms with van der Waals surface area (Å²) in [4.78, 5) is 4.42. The van der Waals surface area contributed by atoms with E-state index in [0.717, 1.165) is 21.7 Å². The molecule has 1 aromatic heterocycles. The van der Waals surface area contributed by atoms with Crippen molar-refractivity contribution in [2.75, 3.05) is 11.1 Å². The Balaban J connectivity index is 2.37. The van der Waals surface area contributed by atoms with Crippen LogP contribution in [0.15, 0.2) is 28.7 Å². The lowest BCUT2D eigenvalue weighted by molar-refractivity contribution is 1.19. The Kier molecular flexibility index (Phi) is 3.57. The minimum atomic E-state index is 0.713. The first-order chi connectivity index (χ1) is 8.47. The molecule has 0 aliphatic heterocycles. The van der Waals surface area contributed by atoms with Crippen LogP contribution in [0.1, 0.15) is 16.8 Å². The average Bonchev–Trinajstić information content (AvgIpc) is 2.28. The van der Waals surface area contributed by atoms with Crippen LogP contribution >= 0.6 is 15.9 Å². The Morgan fingerprint density at radius 1 is 1.11 bits per heavy atom. The molecule has 0 bridgehead atoms. The van der Waals surface area contributed by atoms with E-state index in [4.69, 9.17) is 5.73 Å². The maximum Gasteiger partial charge on any atom is 0.130 e. The maximum atomic E-state index is 5.77. The van der Waals surface area contributed by atoms with E-state index in [9.17, 15) is 0 Å². The highest BCUT2D eigenvalue weighted by atomic mass is 79.9. The maximum absolute atomic E-state index is 5.77. The van der Waals surface area contributed by atoms with Crippen molar-refractivity contribution in [3.8, 4) is 0 Å². The number of halogens is 1. The number of benzene rings is 1. The summed E-state index contributed by atoms with van der Waals surface area (Å²) < 4.78 is 1.09. The number of rotatable bonds is 2. The van der Waals surface area contributed by atoms with Gasteiger partial charge in [-0.05, 0) is 56.2 Å². The summed E-state index contributed by atoms with van der Waals surface area (Å²) in [5.74, 6) is 0.815. The lowest BCUT2D eigenvalue weighted by Gasteiger charge is -2.13. The molecular formula is C14H16BrN3. The highest BCUT2D eigenvalue weighted by molar-refractivity contribution is 9.10. The number of nitrogens with one attached hydrogen (secondary N) is 1. The molecule has 3 N–H and O–H groups in total. The molecule has 1 heterocycles. The van der Waals surface area contributed by atoms with E-state index in [0.29, 0.717) is 5.69 Å². The molecule has 94 valence electrons. The standard InChI is InChI=1S/C14H16BrN3/c1-8-6-11(15)7-9(2)14(8)18-13-5-4-12(16)10(3)17-13/h4-7H,16H2,1-3H3,(H,17,18). The van der Waals surface area contributed by atoms with Gasteiger partial charge in [0.1, 0.15) is 5.82 Å². The molecule has 0 saturated carbocycles. The van der Waals surface area contributed by atoms with Gasteiger partial charge in [-0.3, -0.25) is 0 Å². The van der Waals surface area contributed by atoms with Crippen molar-refractivity contribution >= 4 is 33.1 Å². The van der Waals surface area contributed by atoms with Gasteiger partial charge in [0, 0.05) is 10.2 Å². The molecular weight excluding hydrogens is 290 g/mol. The number of nitrogen functional groups attached to an aromatic ring is 1. The van der Waals surface area contributed by atoms with Gasteiger partial charge in [-0.15, -0.1) is 0 Å². The molecule has 0 unspecified atom stereocenters. The van der Waals surface area contributed by atoms with E-state index in [1.54, 1.807) is 0 Å². The number of aryl methyl sites for hydroxylation is 3. The van der Waals surface area contributed by atoms with Crippen molar-refractivity contribution in [2.24, 2.45) is 0 Å². The predicted octanol–water partition coefficient (Wildman–Crippen LogP) is 4.10. The number of aromatic nitrogens is 1. The second-order valence-electron chi connectivity index (χ2n) is 4.41. The molecule has 0 amide bonds. The smallest absolute Gasteiger partial charge is 0.130 e. The predicted molar refractivity (Wildman–Crippen MR) is 80.3 cm³/mol. The summed E-state index contributed by atoms with van der Waals surface area (Å²) in [6, 6.07) is 7.93. The number of nitrogens with two attached hydrogens (primary N) is 1. The number of pyridine rings is 1. The molecule has 18 heavy (non-hydrogen) atoms. The van der Waals surface area contributed by atoms with E-state index in [2.05, 4.69) is 52.2 Å². The Morgan fingerprint density at radius 2 is 1.72 bits per heavy atom. The largest absolute Gasteiger partial charge is 0.397 e. The Bertz CT molecular complexity index is 571. The van der Waals surface area contributed by atoms with Crippen molar-refractivity contribution in [3.05, 3.63) is 45.6 Å². The highest BCUT2D eigenvalue weighted by Crippen LogP contribution is 2.27. The van der Waals surface area contributed by atoms with Crippen LogP contribution in [0.25, 0.3) is 0 Å². The number of nitrogens with zero attached hydrogens (tertiary/aromatic N) is 1. The monoisotopic (exact) mass is 305 g/mol. The van der Waals surface area contributed by atoms with Gasteiger partial charge >= 0.3 is 0 Å². The molecule has 0 aliphatic rings. The van der Waals surface area contributed by atoms with E-state index in [1.165, 1.54) is 11.1 Å². The van der Waals surface area contributed by atoms with Crippen LogP contribution in [0.5, 0.6) is 0 Å². The van der Waals surface area contributed by atoms with Crippen molar-refractivity contribution in [1.82, 2.24) is 4.98 Å². The van der Waals surface area contributed by atoms with Crippen molar-refractivity contribution in [3.63, 3.8) is 0 Å². The number of anilines is 3. The van der Waals surface area contributed by atoms with Gasteiger partial charge in [-0.25, -0.2) is 4.98 Å². The molecule has 0 fully saturated rings. The SMILES string of the molecule is Cc1cc(Br)cc(C)c1Nc1ccc(N)c(C)n1. The first-order valence-electron chi connectivity index (χ1n) is 5.74. The first kappa shape index (κ1) is 12.9. The lowest BCUT2D eigenvalue weighted by atomic mass is 10.1. The molecule has 2 aromatic rings. The third-order valence-corrected chi connectivity index (χ3v) is 3.34. The van der Waals surface area contributed by atoms with Gasteiger partial charge in [0.2, 0.25) is 0 Å². The molecule has 1 aromatic carbocycles. The fourth-order valence-electron chi connectivity index (χ4n) is 1.88. The fourth-order valence-corrected chi connectivity index (χ4v) is 2.56. The van der Waals surface area contributed by atoms with Gasteiger partial charge in [0.15, 0.2) is 0 Å². The molecule has 2 rings (SSSR count). The van der Waals surface area contributed by atoms with E-state index >= 15 is 0 Å². The Labute approximate surface area is 116 Å². The quantitative estimate of drug-likeness (QED) is 0.878. The van der Waals surface area contributed by atoms with Crippen molar-refractivity contribution < 1.29 is 0 Å². The summed E-state index contributed by atoms with van der Waals surface area (Å²) in [5.41, 5.74) is 10.8. The summed E-state index contributed by atoms with van der Waals surface area (Å²) in [6.07, 6.45) is 0. The zero-order chi connectivity index (χ0) is 13.3. The van der Waals surface area contributed by atoms with Crippen molar-refractivity contribution in [2.45, 2.75) is 20.8 Å². The fraction of sp³-hybridized carbons (Fsp3) is 0.214. The van der Waals surface area contributed by atoms with Crippen LogP contribution in [0.4, 0.5) is 17.2 Å². The number of hydrogen-bond acceptors (Lipinski definition) is 3. The second-order valence-corrected chi connectivity index (χ2v) is 5.33. The van der Waals surface area contributed by atoms with Crippen LogP contribution in [0, 0.1) is 20.8 Å². The molecule has 0 aliphatic carbocycles. The number of hydrogen-bond donors (Lipinski definition) is 2. The van der Waals surface area contributed by atoms with E-state index in [1.807, 2.05) is 19.1 Å². The summed E-state index contributed by atoms with van der Waals surface area (Å²) >= 11 is 3.49. The molecule has 4 heteroatoms. The van der Waals surface area contributed by atoms with Crippen LogP contribution in [-0.2, 0) is 0 Å². The Morgan fingerprint density at radius 3 is 2.28 bits per heavy atom. The normalized spacial score (nSPS) is 10.4. The Hall–Kier alpha value is -1.55. The third-order valence-electron chi connectivity index (χ3n) is 2.88. The minimum absolute atomic E-state index is 0.713. The first-order valence-corrected chi connectivity index (χ1v) is 6.53. The van der Waals surface area contributed by atoms with E-state index in [-0.39, 0.29) is 0 Å². The molecule has 0 atom stereocenters. The lowest BCUT2D eigenvalue weighted by Crippen LogP contribution is -2.01. The van der Waals surface area contributed by atoms with Crippen LogP contribution in [0.3, 0.4) is 0 Å². The van der Waals surface area contributed by atoms with Crippen LogP contribution < -0.4 is 11.1 Å². The topological polar surface area (TPSA) is 50.9 Å². The molecule has 0 saturated heterocycles. The van der Waals surface area contributed by atoms with Gasteiger partial charge in [-0.1, -0.05) is 15.9 Å². The zero-order valence-electron chi connectivity index (χ0n) is 10.7. The molecule has 0 radical (unpaired) electrons. The van der Waals surface area contributed by atoms with Gasteiger partial charge < -0.3 is 11.1 Å². The highest BCUT2D eigenvalue weighted by Gasteiger charge is 2.06. The zero-order valence-corrected chi connectivity index (χ0v) is 12.3. The van der Waals surface area contributed by atoms with Gasteiger partial charge in [0.25, 0.3) is 0 Å². The molecule has 0 spiro atoms. The summed E-state index contributed by atoms with van der Waals surface area (Å²) in [5, 5.41) is 3.35. The van der Waals surface area contributed by atoms with Crippen molar-refractivity contribution in [1.29, 1.82) is 0 Å².